The van der Waals surface area contributed by atoms with Crippen LogP contribution < -0.4 is 10.6 Å². The molecule has 1 aromatic heterocycles. The Morgan fingerprint density at radius 3 is 2.79 bits per heavy atom. The zero-order valence-electron chi connectivity index (χ0n) is 18.0. The lowest BCUT2D eigenvalue weighted by Gasteiger charge is -2.40. The molecular weight excluding hydrogens is 348 g/mol. The van der Waals surface area contributed by atoms with Crippen molar-refractivity contribution in [3.8, 4) is 0 Å². The second kappa shape index (κ2) is 11.4. The van der Waals surface area contributed by atoms with Crippen LogP contribution in [0.1, 0.15) is 70.5 Å². The first-order valence-electron chi connectivity index (χ1n) is 11.5. The highest BCUT2D eigenvalue weighted by molar-refractivity contribution is 5.80. The number of guanidine groups is 1. The molecule has 2 fully saturated rings. The first-order valence-corrected chi connectivity index (χ1v) is 11.5. The number of piperidine rings is 1. The van der Waals surface area contributed by atoms with Crippen molar-refractivity contribution in [1.82, 2.24) is 25.1 Å². The van der Waals surface area contributed by atoms with E-state index in [0.29, 0.717) is 6.04 Å². The Hall–Kier alpha value is -1.56. The number of nitrogens with zero attached hydrogens (tertiary/aromatic N) is 4. The fraction of sp³-hybridized carbons (Fsp3) is 0.818. The summed E-state index contributed by atoms with van der Waals surface area (Å²) in [5.74, 6) is 2.09. The first kappa shape index (κ1) is 21.2. The fourth-order valence-electron chi connectivity index (χ4n) is 4.64. The van der Waals surface area contributed by atoms with Gasteiger partial charge in [0.15, 0.2) is 5.96 Å². The van der Waals surface area contributed by atoms with Crippen LogP contribution in [0.25, 0.3) is 0 Å². The standard InChI is InChI=1S/C22H40N6/c1-3-23-22(25-13-7-8-15-27-17-14-24-19(27)2)26-20-10-9-16-28(18-20)21-11-5-4-6-12-21/h14,17,20-21H,3-13,15-16,18H2,1-2H3,(H2,23,25,26). The molecule has 1 aliphatic heterocycles. The van der Waals surface area contributed by atoms with Gasteiger partial charge in [0.25, 0.3) is 0 Å². The van der Waals surface area contributed by atoms with E-state index >= 15 is 0 Å². The molecule has 3 rings (SSSR count). The molecule has 0 bridgehead atoms. The summed E-state index contributed by atoms with van der Waals surface area (Å²) in [5, 5.41) is 7.16. The number of hydrogen-bond acceptors (Lipinski definition) is 3. The Labute approximate surface area is 171 Å². The van der Waals surface area contributed by atoms with E-state index in [0.717, 1.165) is 50.3 Å². The highest BCUT2D eigenvalue weighted by atomic mass is 15.2. The summed E-state index contributed by atoms with van der Waals surface area (Å²) in [7, 11) is 0. The molecule has 0 amide bonds. The van der Waals surface area contributed by atoms with Gasteiger partial charge in [0, 0.05) is 50.7 Å². The van der Waals surface area contributed by atoms with Gasteiger partial charge in [-0.3, -0.25) is 9.89 Å². The maximum atomic E-state index is 4.84. The molecule has 28 heavy (non-hydrogen) atoms. The van der Waals surface area contributed by atoms with E-state index in [4.69, 9.17) is 4.99 Å². The lowest BCUT2D eigenvalue weighted by Crippen LogP contribution is -2.53. The number of aliphatic imine (C=N–C) groups is 1. The summed E-state index contributed by atoms with van der Waals surface area (Å²) in [6.07, 6.45) is 15.8. The number of hydrogen-bond donors (Lipinski definition) is 2. The van der Waals surface area contributed by atoms with Crippen molar-refractivity contribution in [2.45, 2.75) is 90.3 Å². The number of aryl methyl sites for hydroxylation is 2. The third-order valence-electron chi connectivity index (χ3n) is 6.23. The van der Waals surface area contributed by atoms with Crippen molar-refractivity contribution in [3.05, 3.63) is 18.2 Å². The van der Waals surface area contributed by atoms with Gasteiger partial charge in [0.05, 0.1) is 0 Å². The molecule has 1 aromatic rings. The van der Waals surface area contributed by atoms with E-state index < -0.39 is 0 Å². The Balaban J connectivity index is 1.42. The molecule has 2 aliphatic rings. The number of unbranched alkanes of at least 4 members (excludes halogenated alkanes) is 1. The summed E-state index contributed by atoms with van der Waals surface area (Å²) in [6, 6.07) is 1.35. The molecule has 0 spiro atoms. The number of imidazole rings is 1. The molecule has 1 saturated heterocycles. The monoisotopic (exact) mass is 388 g/mol. The van der Waals surface area contributed by atoms with E-state index in [1.807, 2.05) is 6.20 Å². The number of nitrogens with one attached hydrogen (secondary N) is 2. The molecule has 1 aliphatic carbocycles. The van der Waals surface area contributed by atoms with Crippen LogP contribution in [0.5, 0.6) is 0 Å². The number of likely N-dealkylation sites (tertiary alicyclic amines) is 1. The van der Waals surface area contributed by atoms with Crippen LogP contribution in [0.2, 0.25) is 0 Å². The topological polar surface area (TPSA) is 57.5 Å². The van der Waals surface area contributed by atoms with Gasteiger partial charge in [-0.05, 0) is 58.9 Å². The van der Waals surface area contributed by atoms with E-state index in [1.54, 1.807) is 0 Å². The number of rotatable bonds is 8. The van der Waals surface area contributed by atoms with Crippen molar-refractivity contribution in [2.24, 2.45) is 4.99 Å². The highest BCUT2D eigenvalue weighted by Gasteiger charge is 2.27. The molecule has 0 aromatic carbocycles. The molecule has 6 nitrogen and oxygen atoms in total. The molecule has 1 saturated carbocycles. The fourth-order valence-corrected chi connectivity index (χ4v) is 4.64. The minimum Gasteiger partial charge on any atom is -0.357 e. The second-order valence-corrected chi connectivity index (χ2v) is 8.41. The van der Waals surface area contributed by atoms with Crippen LogP contribution in [0.4, 0.5) is 0 Å². The summed E-state index contributed by atoms with van der Waals surface area (Å²) in [5.41, 5.74) is 0. The van der Waals surface area contributed by atoms with Crippen molar-refractivity contribution < 1.29 is 0 Å². The van der Waals surface area contributed by atoms with Crippen LogP contribution in [0.15, 0.2) is 17.4 Å². The Morgan fingerprint density at radius 2 is 2.04 bits per heavy atom. The molecule has 2 heterocycles. The molecule has 6 heteroatoms. The maximum Gasteiger partial charge on any atom is 0.191 e. The first-order chi connectivity index (χ1) is 13.8. The second-order valence-electron chi connectivity index (χ2n) is 8.41. The molecule has 0 radical (unpaired) electrons. The van der Waals surface area contributed by atoms with Crippen LogP contribution in [0, 0.1) is 6.92 Å². The van der Waals surface area contributed by atoms with Crippen LogP contribution in [-0.2, 0) is 6.54 Å². The smallest absolute Gasteiger partial charge is 0.191 e. The van der Waals surface area contributed by atoms with Gasteiger partial charge in [-0.15, -0.1) is 0 Å². The molecular formula is C22H40N6. The maximum absolute atomic E-state index is 4.84. The largest absolute Gasteiger partial charge is 0.357 e. The lowest BCUT2D eigenvalue weighted by atomic mass is 9.92. The van der Waals surface area contributed by atoms with Crippen LogP contribution in [0.3, 0.4) is 0 Å². The number of aromatic nitrogens is 2. The van der Waals surface area contributed by atoms with E-state index in [2.05, 4.69) is 45.1 Å². The average molecular weight is 389 g/mol. The Morgan fingerprint density at radius 1 is 1.18 bits per heavy atom. The van der Waals surface area contributed by atoms with Crippen LogP contribution >= 0.6 is 0 Å². The molecule has 1 atom stereocenters. The Kier molecular flexibility index (Phi) is 8.65. The quantitative estimate of drug-likeness (QED) is 0.407. The van der Waals surface area contributed by atoms with Crippen molar-refractivity contribution in [1.29, 1.82) is 0 Å². The summed E-state index contributed by atoms with van der Waals surface area (Å²) in [6.45, 7) is 9.49. The third kappa shape index (κ3) is 6.50. The molecule has 158 valence electrons. The zero-order valence-corrected chi connectivity index (χ0v) is 18.0. The average Bonchev–Trinajstić information content (AvgIpc) is 3.13. The summed E-state index contributed by atoms with van der Waals surface area (Å²) in [4.78, 5) is 11.9. The zero-order chi connectivity index (χ0) is 19.6. The van der Waals surface area contributed by atoms with Crippen molar-refractivity contribution >= 4 is 5.96 Å². The molecule has 1 unspecified atom stereocenters. The van der Waals surface area contributed by atoms with Crippen molar-refractivity contribution in [3.63, 3.8) is 0 Å². The normalized spacial score (nSPS) is 22.4. The highest BCUT2D eigenvalue weighted by Crippen LogP contribution is 2.25. The summed E-state index contributed by atoms with van der Waals surface area (Å²) < 4.78 is 2.22. The minimum atomic E-state index is 0.530. The van der Waals surface area contributed by atoms with Gasteiger partial charge in [-0.2, -0.15) is 0 Å². The summed E-state index contributed by atoms with van der Waals surface area (Å²) >= 11 is 0. The molecule has 2 N–H and O–H groups in total. The van der Waals surface area contributed by atoms with Gasteiger partial charge < -0.3 is 15.2 Å². The predicted octanol–water partition coefficient (Wildman–Crippen LogP) is 3.32. The lowest BCUT2D eigenvalue weighted by molar-refractivity contribution is 0.115. The predicted molar refractivity (Wildman–Crippen MR) is 117 cm³/mol. The Bertz CT molecular complexity index is 590. The van der Waals surface area contributed by atoms with E-state index in [-0.39, 0.29) is 0 Å². The van der Waals surface area contributed by atoms with Gasteiger partial charge in [0.1, 0.15) is 5.82 Å². The van der Waals surface area contributed by atoms with Crippen molar-refractivity contribution in [2.75, 3.05) is 26.2 Å². The van der Waals surface area contributed by atoms with Gasteiger partial charge >= 0.3 is 0 Å². The third-order valence-corrected chi connectivity index (χ3v) is 6.23. The van der Waals surface area contributed by atoms with Gasteiger partial charge in [-0.25, -0.2) is 4.98 Å². The van der Waals surface area contributed by atoms with Crippen LogP contribution in [-0.4, -0.2) is 58.7 Å². The van der Waals surface area contributed by atoms with E-state index in [1.165, 1.54) is 58.0 Å². The van der Waals surface area contributed by atoms with E-state index in [9.17, 15) is 0 Å². The SMILES string of the molecule is CCNC(=NCCCCn1ccnc1C)NC1CCCN(C2CCCCC2)C1. The van der Waals surface area contributed by atoms with Gasteiger partial charge in [0.2, 0.25) is 0 Å². The van der Waals surface area contributed by atoms with Gasteiger partial charge in [-0.1, -0.05) is 19.3 Å². The minimum absolute atomic E-state index is 0.530.